The average molecular weight is 252 g/mol. The Morgan fingerprint density at radius 1 is 1.25 bits per heavy atom. The highest BCUT2D eigenvalue weighted by molar-refractivity contribution is 6.60. The summed E-state index contributed by atoms with van der Waals surface area (Å²) in [5, 5.41) is 0. The molecule has 0 bridgehead atoms. The first-order valence-electron chi connectivity index (χ1n) is 5.70. The summed E-state index contributed by atoms with van der Waals surface area (Å²) in [5.41, 5.74) is 0. The van der Waals surface area contributed by atoms with Crippen molar-refractivity contribution in [2.75, 3.05) is 40.3 Å². The maximum atomic E-state index is 5.46. The molecule has 1 unspecified atom stereocenters. The molecule has 0 spiro atoms. The van der Waals surface area contributed by atoms with E-state index in [1.807, 2.05) is 20.8 Å². The molecular formula is C10H24O5Si. The fourth-order valence-corrected chi connectivity index (χ4v) is 2.59. The van der Waals surface area contributed by atoms with Crippen molar-refractivity contribution in [2.24, 2.45) is 0 Å². The number of hydrogen-bond acceptors (Lipinski definition) is 5. The lowest BCUT2D eigenvalue weighted by Crippen LogP contribution is -2.49. The fourth-order valence-electron chi connectivity index (χ4n) is 1.06. The summed E-state index contributed by atoms with van der Waals surface area (Å²) >= 11 is 0. The van der Waals surface area contributed by atoms with Gasteiger partial charge in [-0.05, 0) is 6.92 Å². The summed E-state index contributed by atoms with van der Waals surface area (Å²) in [4.78, 5) is 0. The Morgan fingerprint density at radius 3 is 2.19 bits per heavy atom. The first-order valence-corrected chi connectivity index (χ1v) is 7.63. The van der Waals surface area contributed by atoms with Gasteiger partial charge in [0.1, 0.15) is 12.3 Å². The van der Waals surface area contributed by atoms with Gasteiger partial charge >= 0.3 is 8.80 Å². The third kappa shape index (κ3) is 5.93. The molecule has 5 nitrogen and oxygen atoms in total. The molecule has 1 aliphatic rings. The van der Waals surface area contributed by atoms with Gasteiger partial charge < -0.3 is 22.8 Å². The molecule has 16 heavy (non-hydrogen) atoms. The van der Waals surface area contributed by atoms with E-state index in [4.69, 9.17) is 22.8 Å². The first kappa shape index (κ1) is 16.0. The molecule has 0 radical (unpaired) electrons. The molecule has 1 heterocycles. The highest BCUT2D eigenvalue weighted by Gasteiger charge is 2.40. The third-order valence-corrected chi connectivity index (χ3v) is 4.50. The van der Waals surface area contributed by atoms with Crippen molar-refractivity contribution >= 4 is 8.80 Å². The predicted octanol–water partition coefficient (Wildman–Crippen LogP) is 1.24. The van der Waals surface area contributed by atoms with E-state index in [1.165, 1.54) is 0 Å². The van der Waals surface area contributed by atoms with Crippen LogP contribution in [0, 0.1) is 0 Å². The lowest BCUT2D eigenvalue weighted by molar-refractivity contribution is 0.0478. The van der Waals surface area contributed by atoms with Crippen LogP contribution in [0.25, 0.3) is 0 Å². The highest BCUT2D eigenvalue weighted by Crippen LogP contribution is 2.12. The molecule has 0 amide bonds. The van der Waals surface area contributed by atoms with Gasteiger partial charge in [0, 0.05) is 20.8 Å². The van der Waals surface area contributed by atoms with Crippen LogP contribution in [0.2, 0.25) is 0 Å². The molecule has 0 aromatic rings. The van der Waals surface area contributed by atoms with Crippen LogP contribution in [0.15, 0.2) is 0 Å². The summed E-state index contributed by atoms with van der Waals surface area (Å²) in [6.07, 6.45) is 0.644. The lowest BCUT2D eigenvalue weighted by Gasteiger charge is -2.25. The highest BCUT2D eigenvalue weighted by atomic mass is 28.4. The molecule has 6 heteroatoms. The van der Waals surface area contributed by atoms with E-state index in [2.05, 4.69) is 0 Å². The van der Waals surface area contributed by atoms with Crippen molar-refractivity contribution in [1.82, 2.24) is 0 Å². The quantitative estimate of drug-likeness (QED) is 0.480. The zero-order valence-electron chi connectivity index (χ0n) is 10.9. The minimum atomic E-state index is -2.56. The van der Waals surface area contributed by atoms with E-state index in [0.717, 1.165) is 6.61 Å². The normalized spacial score (nSPS) is 18.9. The maximum Gasteiger partial charge on any atom is 0.527 e. The maximum absolute atomic E-state index is 5.46. The van der Waals surface area contributed by atoms with Crippen LogP contribution in [0.4, 0.5) is 0 Å². The standard InChI is InChI=1S/C8H18O5Si.C2H6/c1-4-13-14(9-2,10-3)7-11-5-8-6-12-8;1-2/h8H,4-7H2,1-3H3;1-2H3. The van der Waals surface area contributed by atoms with E-state index >= 15 is 0 Å². The molecular weight excluding hydrogens is 228 g/mol. The van der Waals surface area contributed by atoms with Gasteiger partial charge in [-0.2, -0.15) is 0 Å². The number of epoxide rings is 1. The molecule has 1 rings (SSSR count). The van der Waals surface area contributed by atoms with E-state index < -0.39 is 8.80 Å². The summed E-state index contributed by atoms with van der Waals surface area (Å²) in [6.45, 7) is 7.86. The molecule has 98 valence electrons. The van der Waals surface area contributed by atoms with Crippen LogP contribution in [-0.4, -0.2) is 55.2 Å². The van der Waals surface area contributed by atoms with Gasteiger partial charge in [-0.15, -0.1) is 0 Å². The smallest absolute Gasteiger partial charge is 0.375 e. The van der Waals surface area contributed by atoms with Crippen molar-refractivity contribution in [3.63, 3.8) is 0 Å². The third-order valence-electron chi connectivity index (χ3n) is 1.97. The van der Waals surface area contributed by atoms with Gasteiger partial charge in [0.15, 0.2) is 0 Å². The topological polar surface area (TPSA) is 49.5 Å². The Bertz CT molecular complexity index is 159. The largest absolute Gasteiger partial charge is 0.527 e. The zero-order chi connectivity index (χ0) is 12.4. The van der Waals surface area contributed by atoms with Crippen molar-refractivity contribution in [1.29, 1.82) is 0 Å². The van der Waals surface area contributed by atoms with Gasteiger partial charge in [-0.3, -0.25) is 0 Å². The Kier molecular flexibility index (Phi) is 9.10. The minimum absolute atomic E-state index is 0.261. The van der Waals surface area contributed by atoms with Crippen LogP contribution >= 0.6 is 0 Å². The van der Waals surface area contributed by atoms with Gasteiger partial charge in [0.05, 0.1) is 13.2 Å². The fraction of sp³-hybridized carbons (Fsp3) is 1.00. The second-order valence-electron chi connectivity index (χ2n) is 2.99. The van der Waals surface area contributed by atoms with Gasteiger partial charge in [0.2, 0.25) is 0 Å². The van der Waals surface area contributed by atoms with E-state index in [-0.39, 0.29) is 6.10 Å². The lowest BCUT2D eigenvalue weighted by atomic mass is 10.5. The van der Waals surface area contributed by atoms with Gasteiger partial charge in [-0.25, -0.2) is 0 Å². The number of hydrogen-bond donors (Lipinski definition) is 0. The molecule has 1 atom stereocenters. The molecule has 1 saturated heterocycles. The molecule has 0 aliphatic carbocycles. The summed E-state index contributed by atoms with van der Waals surface area (Å²) in [6, 6.07) is 0. The Balaban J connectivity index is 0.00000106. The molecule has 0 aromatic carbocycles. The number of ether oxygens (including phenoxy) is 2. The SMILES string of the molecule is CC.CCO[Si](COCC1CO1)(OC)OC. The summed E-state index contributed by atoms with van der Waals surface area (Å²) in [5.74, 6) is 0. The van der Waals surface area contributed by atoms with Gasteiger partial charge in [-0.1, -0.05) is 13.8 Å². The van der Waals surface area contributed by atoms with E-state index in [9.17, 15) is 0 Å². The van der Waals surface area contributed by atoms with Crippen molar-refractivity contribution in [3.8, 4) is 0 Å². The van der Waals surface area contributed by atoms with Crippen LogP contribution in [0.5, 0.6) is 0 Å². The molecule has 0 N–H and O–H groups in total. The van der Waals surface area contributed by atoms with Crippen molar-refractivity contribution in [2.45, 2.75) is 26.9 Å². The summed E-state index contributed by atoms with van der Waals surface area (Å²) < 4.78 is 26.4. The first-order chi connectivity index (χ1) is 7.76. The Hall–Kier alpha value is 0.0169. The molecule has 0 aromatic heterocycles. The monoisotopic (exact) mass is 252 g/mol. The average Bonchev–Trinajstić information content (AvgIpc) is 3.15. The van der Waals surface area contributed by atoms with Crippen LogP contribution in [-0.2, 0) is 22.8 Å². The van der Waals surface area contributed by atoms with Crippen LogP contribution in [0.3, 0.4) is 0 Å². The number of rotatable bonds is 8. The second kappa shape index (κ2) is 9.09. The van der Waals surface area contributed by atoms with Crippen molar-refractivity contribution in [3.05, 3.63) is 0 Å². The van der Waals surface area contributed by atoms with Crippen molar-refractivity contribution < 1.29 is 22.8 Å². The molecule has 1 fully saturated rings. The molecule has 1 aliphatic heterocycles. The molecule has 0 saturated carbocycles. The van der Waals surface area contributed by atoms with Crippen LogP contribution < -0.4 is 0 Å². The zero-order valence-corrected chi connectivity index (χ0v) is 11.9. The van der Waals surface area contributed by atoms with Gasteiger partial charge in [0.25, 0.3) is 0 Å². The summed E-state index contributed by atoms with van der Waals surface area (Å²) in [7, 11) is 0.611. The second-order valence-corrected chi connectivity index (χ2v) is 5.75. The van der Waals surface area contributed by atoms with Crippen LogP contribution in [0.1, 0.15) is 20.8 Å². The Labute approximate surface area is 99.3 Å². The van der Waals surface area contributed by atoms with E-state index in [1.54, 1.807) is 14.2 Å². The minimum Gasteiger partial charge on any atom is -0.375 e. The van der Waals surface area contributed by atoms with E-state index in [0.29, 0.717) is 19.4 Å². The predicted molar refractivity (Wildman–Crippen MR) is 63.3 cm³/mol. The Morgan fingerprint density at radius 2 is 1.81 bits per heavy atom.